The predicted octanol–water partition coefficient (Wildman–Crippen LogP) is 2.31. The molecule has 1 aliphatic heterocycles. The highest BCUT2D eigenvalue weighted by Gasteiger charge is 2.60. The zero-order valence-corrected chi connectivity index (χ0v) is 13.3. The molecule has 2 saturated carbocycles. The SMILES string of the molecule is O=C(CN1C(=O)[C@H]2[C@@H]3CC[C@H](C3)[C@@H]2C1=O)Nc1cccc(Cl)c1. The van der Waals surface area contributed by atoms with Crippen molar-refractivity contribution in [2.24, 2.45) is 23.7 Å². The van der Waals surface area contributed by atoms with E-state index < -0.39 is 0 Å². The topological polar surface area (TPSA) is 66.5 Å². The minimum Gasteiger partial charge on any atom is -0.324 e. The summed E-state index contributed by atoms with van der Waals surface area (Å²) in [6.45, 7) is -0.212. The lowest BCUT2D eigenvalue weighted by molar-refractivity contribution is -0.143. The summed E-state index contributed by atoms with van der Waals surface area (Å²) >= 11 is 5.88. The van der Waals surface area contributed by atoms with E-state index in [-0.39, 0.29) is 36.1 Å². The van der Waals surface area contributed by atoms with Crippen molar-refractivity contribution in [1.29, 1.82) is 0 Å². The molecule has 2 aliphatic carbocycles. The molecule has 3 fully saturated rings. The molecule has 2 bridgehead atoms. The van der Waals surface area contributed by atoms with Gasteiger partial charge in [-0.25, -0.2) is 0 Å². The molecule has 3 aliphatic rings. The van der Waals surface area contributed by atoms with Crippen molar-refractivity contribution in [3.8, 4) is 0 Å². The first-order valence-electron chi connectivity index (χ1n) is 7.95. The van der Waals surface area contributed by atoms with Gasteiger partial charge in [0.1, 0.15) is 6.54 Å². The zero-order chi connectivity index (χ0) is 16.1. The van der Waals surface area contributed by atoms with Crippen LogP contribution in [0.2, 0.25) is 5.02 Å². The van der Waals surface area contributed by atoms with Crippen molar-refractivity contribution in [1.82, 2.24) is 4.90 Å². The third kappa shape index (κ3) is 2.34. The van der Waals surface area contributed by atoms with Crippen LogP contribution >= 0.6 is 11.6 Å². The van der Waals surface area contributed by atoms with Gasteiger partial charge in [-0.3, -0.25) is 19.3 Å². The van der Waals surface area contributed by atoms with Crippen LogP contribution in [0.1, 0.15) is 19.3 Å². The third-order valence-electron chi connectivity index (χ3n) is 5.43. The standard InChI is InChI=1S/C17H17ClN2O3/c18-11-2-1-3-12(7-11)19-13(21)8-20-16(22)14-9-4-5-10(6-9)15(14)17(20)23/h1-3,7,9-10,14-15H,4-6,8H2,(H,19,21)/t9-,10-,14+,15+/m1/s1. The molecule has 1 heterocycles. The first-order valence-corrected chi connectivity index (χ1v) is 8.33. The summed E-state index contributed by atoms with van der Waals surface area (Å²) in [5.41, 5.74) is 0.557. The van der Waals surface area contributed by atoms with E-state index in [0.29, 0.717) is 22.5 Å². The number of likely N-dealkylation sites (tertiary alicyclic amines) is 1. The van der Waals surface area contributed by atoms with Gasteiger partial charge >= 0.3 is 0 Å². The van der Waals surface area contributed by atoms with Gasteiger partial charge in [-0.05, 0) is 49.3 Å². The highest BCUT2D eigenvalue weighted by atomic mass is 35.5. The Labute approximate surface area is 139 Å². The Morgan fingerprint density at radius 3 is 2.43 bits per heavy atom. The predicted molar refractivity (Wildman–Crippen MR) is 84.6 cm³/mol. The van der Waals surface area contributed by atoms with E-state index in [2.05, 4.69) is 5.32 Å². The highest BCUT2D eigenvalue weighted by Crippen LogP contribution is 2.56. The summed E-state index contributed by atoms with van der Waals surface area (Å²) in [4.78, 5) is 38.4. The molecule has 4 atom stereocenters. The number of amides is 3. The average Bonchev–Trinajstić information content (AvgIpc) is 3.17. The van der Waals surface area contributed by atoms with Crippen LogP contribution in [-0.4, -0.2) is 29.2 Å². The zero-order valence-electron chi connectivity index (χ0n) is 12.5. The first-order chi connectivity index (χ1) is 11.0. The summed E-state index contributed by atoms with van der Waals surface area (Å²) < 4.78 is 0. The number of carbonyl (C=O) groups excluding carboxylic acids is 3. The van der Waals surface area contributed by atoms with Gasteiger partial charge in [0.15, 0.2) is 0 Å². The Kier molecular flexibility index (Phi) is 3.41. The number of nitrogens with zero attached hydrogens (tertiary/aromatic N) is 1. The summed E-state index contributed by atoms with van der Waals surface area (Å²) in [5, 5.41) is 3.20. The van der Waals surface area contributed by atoms with Crippen LogP contribution in [0.25, 0.3) is 0 Å². The molecule has 0 spiro atoms. The van der Waals surface area contributed by atoms with Gasteiger partial charge < -0.3 is 5.32 Å². The van der Waals surface area contributed by atoms with Crippen LogP contribution in [0.15, 0.2) is 24.3 Å². The minimum atomic E-state index is -0.374. The molecule has 1 N–H and O–H groups in total. The van der Waals surface area contributed by atoms with Crippen LogP contribution in [0, 0.1) is 23.7 Å². The minimum absolute atomic E-state index is 0.159. The van der Waals surface area contributed by atoms with Crippen molar-refractivity contribution in [2.75, 3.05) is 11.9 Å². The molecule has 0 radical (unpaired) electrons. The molecule has 3 amide bonds. The second-order valence-corrected chi connectivity index (χ2v) is 7.14. The Balaban J connectivity index is 1.46. The Morgan fingerprint density at radius 2 is 1.83 bits per heavy atom. The number of hydrogen-bond donors (Lipinski definition) is 1. The van der Waals surface area contributed by atoms with E-state index in [1.807, 2.05) is 0 Å². The lowest BCUT2D eigenvalue weighted by Gasteiger charge is -2.19. The second-order valence-electron chi connectivity index (χ2n) is 6.71. The highest BCUT2D eigenvalue weighted by molar-refractivity contribution is 6.30. The van der Waals surface area contributed by atoms with E-state index in [1.54, 1.807) is 24.3 Å². The number of carbonyl (C=O) groups is 3. The molecular formula is C17H17ClN2O3. The third-order valence-corrected chi connectivity index (χ3v) is 5.66. The largest absolute Gasteiger partial charge is 0.324 e. The van der Waals surface area contributed by atoms with Crippen molar-refractivity contribution in [3.05, 3.63) is 29.3 Å². The van der Waals surface area contributed by atoms with Crippen molar-refractivity contribution >= 4 is 35.0 Å². The number of anilines is 1. The summed E-state index contributed by atoms with van der Waals surface area (Å²) in [6, 6.07) is 6.78. The van der Waals surface area contributed by atoms with Crippen molar-refractivity contribution < 1.29 is 14.4 Å². The number of fused-ring (bicyclic) bond motifs is 5. The summed E-state index contributed by atoms with van der Waals surface area (Å²) in [6.07, 6.45) is 3.07. The maximum absolute atomic E-state index is 12.5. The van der Waals surface area contributed by atoms with E-state index in [0.717, 1.165) is 24.2 Å². The molecule has 4 rings (SSSR count). The lowest BCUT2D eigenvalue weighted by atomic mass is 9.81. The number of hydrogen-bond acceptors (Lipinski definition) is 3. The van der Waals surface area contributed by atoms with Crippen LogP contribution in [0.5, 0.6) is 0 Å². The maximum Gasteiger partial charge on any atom is 0.244 e. The monoisotopic (exact) mass is 332 g/mol. The quantitative estimate of drug-likeness (QED) is 0.864. The van der Waals surface area contributed by atoms with Gasteiger partial charge in [-0.1, -0.05) is 17.7 Å². The second kappa shape index (κ2) is 5.34. The number of halogens is 1. The normalized spacial score (nSPS) is 31.6. The first kappa shape index (κ1) is 14.7. The number of benzene rings is 1. The van der Waals surface area contributed by atoms with E-state index >= 15 is 0 Å². The van der Waals surface area contributed by atoms with Crippen LogP contribution in [0.3, 0.4) is 0 Å². The fraction of sp³-hybridized carbons (Fsp3) is 0.471. The molecule has 23 heavy (non-hydrogen) atoms. The summed E-state index contributed by atoms with van der Waals surface area (Å²) in [7, 11) is 0. The molecule has 0 unspecified atom stereocenters. The van der Waals surface area contributed by atoms with Gasteiger partial charge in [-0.2, -0.15) is 0 Å². The van der Waals surface area contributed by atoms with E-state index in [4.69, 9.17) is 11.6 Å². The average molecular weight is 333 g/mol. The van der Waals surface area contributed by atoms with Crippen molar-refractivity contribution in [2.45, 2.75) is 19.3 Å². The van der Waals surface area contributed by atoms with Crippen LogP contribution in [0.4, 0.5) is 5.69 Å². The van der Waals surface area contributed by atoms with Gasteiger partial charge in [0.05, 0.1) is 11.8 Å². The van der Waals surface area contributed by atoms with Crippen LogP contribution < -0.4 is 5.32 Å². The number of nitrogens with one attached hydrogen (secondary N) is 1. The summed E-state index contributed by atoms with van der Waals surface area (Å²) in [5.74, 6) is -0.381. The fourth-order valence-electron chi connectivity index (χ4n) is 4.54. The molecular weight excluding hydrogens is 316 g/mol. The molecule has 1 aromatic rings. The molecule has 1 aromatic carbocycles. The molecule has 6 heteroatoms. The van der Waals surface area contributed by atoms with Crippen LogP contribution in [-0.2, 0) is 14.4 Å². The van der Waals surface area contributed by atoms with E-state index in [1.165, 1.54) is 0 Å². The lowest BCUT2D eigenvalue weighted by Crippen LogP contribution is -2.39. The molecule has 120 valence electrons. The number of imide groups is 1. The fourth-order valence-corrected chi connectivity index (χ4v) is 4.73. The maximum atomic E-state index is 12.5. The van der Waals surface area contributed by atoms with Gasteiger partial charge in [0.25, 0.3) is 0 Å². The van der Waals surface area contributed by atoms with Gasteiger partial charge in [0, 0.05) is 10.7 Å². The molecule has 0 aromatic heterocycles. The van der Waals surface area contributed by atoms with Gasteiger partial charge in [0.2, 0.25) is 17.7 Å². The number of rotatable bonds is 3. The Morgan fingerprint density at radius 1 is 1.17 bits per heavy atom. The van der Waals surface area contributed by atoms with Crippen molar-refractivity contribution in [3.63, 3.8) is 0 Å². The smallest absolute Gasteiger partial charge is 0.244 e. The molecule has 5 nitrogen and oxygen atoms in total. The Hall–Kier alpha value is -1.88. The molecule has 1 saturated heterocycles. The van der Waals surface area contributed by atoms with Gasteiger partial charge in [-0.15, -0.1) is 0 Å². The Bertz CT molecular complexity index is 677. The van der Waals surface area contributed by atoms with E-state index in [9.17, 15) is 14.4 Å².